The Morgan fingerprint density at radius 3 is 3.00 bits per heavy atom. The molecule has 0 fully saturated rings. The molecule has 0 radical (unpaired) electrons. The molecule has 17 heavy (non-hydrogen) atoms. The number of para-hydroxylation sites is 2. The molecule has 2 aromatic rings. The molecular weight excluding hydrogens is 212 g/mol. The summed E-state index contributed by atoms with van der Waals surface area (Å²) < 4.78 is 0. The highest BCUT2D eigenvalue weighted by molar-refractivity contribution is 5.77. The maximum Gasteiger partial charge on any atom is 0.136 e. The van der Waals surface area contributed by atoms with Gasteiger partial charge in [-0.25, -0.2) is 9.97 Å². The van der Waals surface area contributed by atoms with E-state index in [1.54, 1.807) is 6.33 Å². The smallest absolute Gasteiger partial charge is 0.136 e. The Bertz CT molecular complexity index is 538. The molecule has 4 heteroatoms. The summed E-state index contributed by atoms with van der Waals surface area (Å²) in [6, 6.07) is 10.3. The van der Waals surface area contributed by atoms with E-state index >= 15 is 0 Å². The molecule has 4 nitrogen and oxygen atoms in total. The van der Waals surface area contributed by atoms with Gasteiger partial charge in [-0.1, -0.05) is 12.1 Å². The lowest BCUT2D eigenvalue weighted by Crippen LogP contribution is -2.30. The number of hydrogen-bond donors (Lipinski definition) is 1. The van der Waals surface area contributed by atoms with Gasteiger partial charge in [-0.2, -0.15) is 0 Å². The second kappa shape index (κ2) is 4.05. The molecule has 2 heterocycles. The minimum atomic E-state index is 0.924. The van der Waals surface area contributed by atoms with Gasteiger partial charge in [0.25, 0.3) is 0 Å². The van der Waals surface area contributed by atoms with Crippen molar-refractivity contribution in [2.75, 3.05) is 23.3 Å². The third-order valence-electron chi connectivity index (χ3n) is 2.91. The average Bonchev–Trinajstić information content (AvgIpc) is 2.38. The molecule has 0 saturated heterocycles. The molecule has 1 aliphatic rings. The third-order valence-corrected chi connectivity index (χ3v) is 2.91. The number of anilines is 3. The standard InChI is InChI=1S/C13H14N4/c1-10-8-13(16-9-15-10)17-7-6-14-11-4-2-3-5-12(11)17/h2-5,8-9,14H,6-7H2,1H3. The van der Waals surface area contributed by atoms with Crippen LogP contribution < -0.4 is 10.2 Å². The van der Waals surface area contributed by atoms with Gasteiger partial charge < -0.3 is 10.2 Å². The zero-order valence-corrected chi connectivity index (χ0v) is 9.72. The molecule has 0 atom stereocenters. The van der Waals surface area contributed by atoms with E-state index in [0.717, 1.165) is 30.3 Å². The van der Waals surface area contributed by atoms with Gasteiger partial charge in [0.15, 0.2) is 0 Å². The van der Waals surface area contributed by atoms with E-state index in [-0.39, 0.29) is 0 Å². The van der Waals surface area contributed by atoms with Crippen molar-refractivity contribution in [2.24, 2.45) is 0 Å². The summed E-state index contributed by atoms with van der Waals surface area (Å²) in [5.74, 6) is 0.964. The Balaban J connectivity index is 2.06. The van der Waals surface area contributed by atoms with Crippen LogP contribution in [0.4, 0.5) is 17.2 Å². The van der Waals surface area contributed by atoms with Gasteiger partial charge in [0, 0.05) is 24.8 Å². The van der Waals surface area contributed by atoms with Crippen LogP contribution in [0.2, 0.25) is 0 Å². The van der Waals surface area contributed by atoms with E-state index in [9.17, 15) is 0 Å². The quantitative estimate of drug-likeness (QED) is 0.810. The van der Waals surface area contributed by atoms with Crippen LogP contribution in [0.15, 0.2) is 36.7 Å². The number of nitrogens with zero attached hydrogens (tertiary/aromatic N) is 3. The number of nitrogens with one attached hydrogen (secondary N) is 1. The summed E-state index contributed by atoms with van der Waals surface area (Å²) in [6.45, 7) is 3.84. The van der Waals surface area contributed by atoms with Gasteiger partial charge in [0.2, 0.25) is 0 Å². The summed E-state index contributed by atoms with van der Waals surface area (Å²) >= 11 is 0. The molecule has 0 unspecified atom stereocenters. The highest BCUT2D eigenvalue weighted by atomic mass is 15.2. The molecule has 3 rings (SSSR count). The van der Waals surface area contributed by atoms with Crippen LogP contribution in [0.5, 0.6) is 0 Å². The fourth-order valence-electron chi connectivity index (χ4n) is 2.11. The van der Waals surface area contributed by atoms with Crippen molar-refractivity contribution in [1.82, 2.24) is 9.97 Å². The summed E-state index contributed by atoms with van der Waals surface area (Å²) in [4.78, 5) is 10.7. The minimum Gasteiger partial charge on any atom is -0.382 e. The lowest BCUT2D eigenvalue weighted by atomic mass is 10.2. The molecule has 1 aromatic heterocycles. The SMILES string of the molecule is Cc1cc(N2CCNc3ccccc32)ncn1. The van der Waals surface area contributed by atoms with Crippen LogP contribution in [0.1, 0.15) is 5.69 Å². The number of fused-ring (bicyclic) bond motifs is 1. The molecule has 0 saturated carbocycles. The monoisotopic (exact) mass is 226 g/mol. The molecule has 0 aliphatic carbocycles. The molecule has 0 bridgehead atoms. The zero-order chi connectivity index (χ0) is 11.7. The average molecular weight is 226 g/mol. The Hall–Kier alpha value is -2.10. The molecular formula is C13H14N4. The molecule has 1 N–H and O–H groups in total. The summed E-state index contributed by atoms with van der Waals surface area (Å²) in [6.07, 6.45) is 1.62. The van der Waals surface area contributed by atoms with Crippen LogP contribution in [-0.2, 0) is 0 Å². The predicted octanol–water partition coefficient (Wildman–Crippen LogP) is 2.35. The topological polar surface area (TPSA) is 41.0 Å². The number of aryl methyl sites for hydroxylation is 1. The lowest BCUT2D eigenvalue weighted by Gasteiger charge is -2.31. The first-order chi connectivity index (χ1) is 8.34. The van der Waals surface area contributed by atoms with Crippen molar-refractivity contribution in [3.63, 3.8) is 0 Å². The molecule has 0 spiro atoms. The second-order valence-corrected chi connectivity index (χ2v) is 4.11. The lowest BCUT2D eigenvalue weighted by molar-refractivity contribution is 0.898. The number of aromatic nitrogens is 2. The first-order valence-corrected chi connectivity index (χ1v) is 5.74. The Kier molecular flexibility index (Phi) is 2.40. The minimum absolute atomic E-state index is 0.924. The summed E-state index contributed by atoms with van der Waals surface area (Å²) in [5.41, 5.74) is 3.33. The van der Waals surface area contributed by atoms with Crippen molar-refractivity contribution < 1.29 is 0 Å². The normalized spacial score (nSPS) is 14.1. The first kappa shape index (κ1) is 10.1. The van der Waals surface area contributed by atoms with Crippen LogP contribution in [0.25, 0.3) is 0 Å². The van der Waals surface area contributed by atoms with Crippen molar-refractivity contribution in [1.29, 1.82) is 0 Å². The van der Waals surface area contributed by atoms with E-state index in [1.165, 1.54) is 5.69 Å². The fraction of sp³-hybridized carbons (Fsp3) is 0.231. The number of benzene rings is 1. The Morgan fingerprint density at radius 1 is 1.24 bits per heavy atom. The van der Waals surface area contributed by atoms with E-state index in [4.69, 9.17) is 0 Å². The summed E-state index contributed by atoms with van der Waals surface area (Å²) in [5, 5.41) is 3.39. The van der Waals surface area contributed by atoms with Crippen molar-refractivity contribution >= 4 is 17.2 Å². The summed E-state index contributed by atoms with van der Waals surface area (Å²) in [7, 11) is 0. The third kappa shape index (κ3) is 1.82. The maximum absolute atomic E-state index is 4.35. The van der Waals surface area contributed by atoms with Gasteiger partial charge in [0.05, 0.1) is 11.4 Å². The fourth-order valence-corrected chi connectivity index (χ4v) is 2.11. The van der Waals surface area contributed by atoms with E-state index in [0.29, 0.717) is 0 Å². The molecule has 86 valence electrons. The highest BCUT2D eigenvalue weighted by Crippen LogP contribution is 2.33. The van der Waals surface area contributed by atoms with Gasteiger partial charge in [0.1, 0.15) is 12.1 Å². The van der Waals surface area contributed by atoms with Gasteiger partial charge in [-0.15, -0.1) is 0 Å². The van der Waals surface area contributed by atoms with Crippen LogP contribution in [0.3, 0.4) is 0 Å². The van der Waals surface area contributed by atoms with E-state index < -0.39 is 0 Å². The number of hydrogen-bond acceptors (Lipinski definition) is 4. The van der Waals surface area contributed by atoms with Crippen LogP contribution in [0, 0.1) is 6.92 Å². The zero-order valence-electron chi connectivity index (χ0n) is 9.72. The maximum atomic E-state index is 4.35. The van der Waals surface area contributed by atoms with Crippen molar-refractivity contribution in [3.8, 4) is 0 Å². The van der Waals surface area contributed by atoms with Crippen molar-refractivity contribution in [3.05, 3.63) is 42.4 Å². The van der Waals surface area contributed by atoms with Crippen LogP contribution in [-0.4, -0.2) is 23.1 Å². The Morgan fingerprint density at radius 2 is 2.12 bits per heavy atom. The number of rotatable bonds is 1. The van der Waals surface area contributed by atoms with Crippen molar-refractivity contribution in [2.45, 2.75) is 6.92 Å². The highest BCUT2D eigenvalue weighted by Gasteiger charge is 2.18. The van der Waals surface area contributed by atoms with Gasteiger partial charge in [-0.3, -0.25) is 0 Å². The van der Waals surface area contributed by atoms with Gasteiger partial charge >= 0.3 is 0 Å². The molecule has 1 aromatic carbocycles. The largest absolute Gasteiger partial charge is 0.382 e. The van der Waals surface area contributed by atoms with E-state index in [1.807, 2.05) is 25.1 Å². The Labute approximate surface area is 100 Å². The predicted molar refractivity (Wildman–Crippen MR) is 68.7 cm³/mol. The molecule has 0 amide bonds. The van der Waals surface area contributed by atoms with Crippen LogP contribution >= 0.6 is 0 Å². The molecule has 1 aliphatic heterocycles. The second-order valence-electron chi connectivity index (χ2n) is 4.11. The van der Waals surface area contributed by atoms with Gasteiger partial charge in [-0.05, 0) is 19.1 Å². The first-order valence-electron chi connectivity index (χ1n) is 5.74. The van der Waals surface area contributed by atoms with E-state index in [2.05, 4.69) is 32.3 Å².